The number of rotatable bonds is 2. The highest BCUT2D eigenvalue weighted by molar-refractivity contribution is 5.33. The molecule has 94 valence electrons. The Kier molecular flexibility index (Phi) is 4.09. The molecule has 0 N–H and O–H groups in total. The Bertz CT molecular complexity index is 466. The predicted molar refractivity (Wildman–Crippen MR) is 66.2 cm³/mol. The van der Waals surface area contributed by atoms with Crippen LogP contribution in [0.25, 0.3) is 0 Å². The molecule has 3 heteroatoms. The van der Waals surface area contributed by atoms with Gasteiger partial charge in [-0.15, -0.1) is 0 Å². The van der Waals surface area contributed by atoms with Crippen LogP contribution in [0.3, 0.4) is 0 Å². The minimum atomic E-state index is -1.57. The maximum atomic E-state index is 12.3. The first-order valence-corrected chi connectivity index (χ1v) is 6.22. The Hall–Kier alpha value is -1.69. The monoisotopic (exact) mass is 247 g/mol. The van der Waals surface area contributed by atoms with Crippen LogP contribution in [-0.2, 0) is 0 Å². The summed E-state index contributed by atoms with van der Waals surface area (Å²) in [6.45, 7) is 0. The molecular formula is C15H15F2N. The number of hydrogen-bond donors (Lipinski definition) is 0. The van der Waals surface area contributed by atoms with E-state index in [9.17, 15) is 8.78 Å². The smallest absolute Gasteiger partial charge is 0.192 e. The zero-order valence-corrected chi connectivity index (χ0v) is 10.1. The fraction of sp³-hybridized carbons (Fsp3) is 0.400. The van der Waals surface area contributed by atoms with E-state index < -0.39 is 6.08 Å². The lowest BCUT2D eigenvalue weighted by Gasteiger charge is -2.27. The first-order chi connectivity index (χ1) is 8.69. The minimum Gasteiger partial charge on any atom is -0.192 e. The van der Waals surface area contributed by atoms with Gasteiger partial charge in [-0.3, -0.25) is 0 Å². The van der Waals surface area contributed by atoms with E-state index in [0.29, 0.717) is 11.5 Å². The molecule has 0 radical (unpaired) electrons. The van der Waals surface area contributed by atoms with Gasteiger partial charge in [0.25, 0.3) is 6.08 Å². The van der Waals surface area contributed by atoms with E-state index in [1.807, 2.05) is 12.1 Å². The van der Waals surface area contributed by atoms with Gasteiger partial charge in [0.2, 0.25) is 0 Å². The molecule has 1 aromatic rings. The van der Waals surface area contributed by atoms with Crippen LogP contribution in [0.2, 0.25) is 0 Å². The van der Waals surface area contributed by atoms with Gasteiger partial charge < -0.3 is 0 Å². The molecule has 0 heterocycles. The van der Waals surface area contributed by atoms with Crippen molar-refractivity contribution < 1.29 is 8.78 Å². The highest BCUT2D eigenvalue weighted by atomic mass is 19.3. The third kappa shape index (κ3) is 3.16. The van der Waals surface area contributed by atoms with Crippen molar-refractivity contribution in [3.63, 3.8) is 0 Å². The number of halogens is 2. The van der Waals surface area contributed by atoms with Gasteiger partial charge in [-0.25, -0.2) is 0 Å². The number of nitriles is 1. The molecule has 2 unspecified atom stereocenters. The van der Waals surface area contributed by atoms with Gasteiger partial charge in [-0.05, 0) is 54.9 Å². The first-order valence-electron chi connectivity index (χ1n) is 6.22. The van der Waals surface area contributed by atoms with Gasteiger partial charge in [0, 0.05) is 0 Å². The van der Waals surface area contributed by atoms with Crippen LogP contribution < -0.4 is 0 Å². The maximum Gasteiger partial charge on any atom is 0.266 e. The summed E-state index contributed by atoms with van der Waals surface area (Å²) in [4.78, 5) is 0. The molecule has 18 heavy (non-hydrogen) atoms. The maximum absolute atomic E-state index is 12.3. The molecule has 1 fully saturated rings. The summed E-state index contributed by atoms with van der Waals surface area (Å²) in [5.41, 5.74) is 1.80. The summed E-state index contributed by atoms with van der Waals surface area (Å²) in [7, 11) is 0. The molecule has 1 aliphatic carbocycles. The van der Waals surface area contributed by atoms with Crippen LogP contribution >= 0.6 is 0 Å². The van der Waals surface area contributed by atoms with Crippen molar-refractivity contribution in [1.29, 1.82) is 5.26 Å². The standard InChI is InChI=1S/C15H15F2N/c16-15(17)9-12-2-1-3-14(8-12)13-6-4-11(10-18)5-7-13/h4-7,9,12,14H,1-3,8H2. The van der Waals surface area contributed by atoms with E-state index in [4.69, 9.17) is 5.26 Å². The summed E-state index contributed by atoms with van der Waals surface area (Å²) in [6, 6.07) is 9.57. The van der Waals surface area contributed by atoms with Gasteiger partial charge in [-0.2, -0.15) is 14.0 Å². The Morgan fingerprint density at radius 3 is 2.56 bits per heavy atom. The average molecular weight is 247 g/mol. The van der Waals surface area contributed by atoms with Gasteiger partial charge in [0.05, 0.1) is 11.6 Å². The second-order valence-electron chi connectivity index (χ2n) is 4.81. The Labute approximate surface area is 106 Å². The molecule has 1 aliphatic rings. The largest absolute Gasteiger partial charge is 0.266 e. The Balaban J connectivity index is 2.08. The molecular weight excluding hydrogens is 232 g/mol. The molecule has 2 rings (SSSR count). The van der Waals surface area contributed by atoms with Crippen LogP contribution in [-0.4, -0.2) is 0 Å². The third-order valence-corrected chi connectivity index (χ3v) is 3.59. The van der Waals surface area contributed by atoms with Crippen molar-refractivity contribution >= 4 is 0 Å². The molecule has 1 saturated carbocycles. The fourth-order valence-corrected chi connectivity index (χ4v) is 2.69. The summed E-state index contributed by atoms with van der Waals surface area (Å²) in [6.07, 6.45) is 3.19. The summed E-state index contributed by atoms with van der Waals surface area (Å²) in [5, 5.41) is 8.74. The minimum absolute atomic E-state index is 0.00982. The van der Waals surface area contributed by atoms with Crippen molar-refractivity contribution in [3.8, 4) is 6.07 Å². The topological polar surface area (TPSA) is 23.8 Å². The van der Waals surface area contributed by atoms with Crippen molar-refractivity contribution in [3.05, 3.63) is 47.5 Å². The predicted octanol–water partition coefficient (Wildman–Crippen LogP) is 4.61. The summed E-state index contributed by atoms with van der Waals surface area (Å²) in [5.74, 6) is 0.330. The van der Waals surface area contributed by atoms with Gasteiger partial charge in [-0.1, -0.05) is 18.6 Å². The Morgan fingerprint density at radius 2 is 1.94 bits per heavy atom. The lowest BCUT2D eigenvalue weighted by atomic mass is 9.78. The normalized spacial score (nSPS) is 23.2. The molecule has 0 amide bonds. The van der Waals surface area contributed by atoms with Crippen molar-refractivity contribution in [1.82, 2.24) is 0 Å². The van der Waals surface area contributed by atoms with Gasteiger partial charge in [0.15, 0.2) is 0 Å². The van der Waals surface area contributed by atoms with E-state index in [2.05, 4.69) is 6.07 Å². The molecule has 1 nitrogen and oxygen atoms in total. The lowest BCUT2D eigenvalue weighted by molar-refractivity contribution is 0.348. The zero-order chi connectivity index (χ0) is 13.0. The van der Waals surface area contributed by atoms with Crippen molar-refractivity contribution in [2.45, 2.75) is 31.6 Å². The first kappa shape index (κ1) is 12.8. The highest BCUT2D eigenvalue weighted by Gasteiger charge is 2.22. The highest BCUT2D eigenvalue weighted by Crippen LogP contribution is 2.37. The number of hydrogen-bond acceptors (Lipinski definition) is 1. The zero-order valence-electron chi connectivity index (χ0n) is 10.1. The number of benzene rings is 1. The molecule has 0 aromatic heterocycles. The molecule has 2 atom stereocenters. The van der Waals surface area contributed by atoms with Crippen LogP contribution in [0.1, 0.15) is 42.7 Å². The van der Waals surface area contributed by atoms with Crippen LogP contribution in [0.5, 0.6) is 0 Å². The summed E-state index contributed by atoms with van der Waals surface area (Å²) >= 11 is 0. The van der Waals surface area contributed by atoms with Crippen LogP contribution in [0.15, 0.2) is 36.4 Å². The van der Waals surface area contributed by atoms with Crippen molar-refractivity contribution in [2.24, 2.45) is 5.92 Å². The lowest BCUT2D eigenvalue weighted by Crippen LogP contribution is -2.12. The average Bonchev–Trinajstić information content (AvgIpc) is 2.38. The summed E-state index contributed by atoms with van der Waals surface area (Å²) < 4.78 is 24.5. The van der Waals surface area contributed by atoms with E-state index in [0.717, 1.165) is 37.3 Å². The SMILES string of the molecule is N#Cc1ccc(C2CCCC(C=C(F)F)C2)cc1. The second kappa shape index (κ2) is 5.77. The third-order valence-electron chi connectivity index (χ3n) is 3.59. The van der Waals surface area contributed by atoms with E-state index in [-0.39, 0.29) is 5.92 Å². The second-order valence-corrected chi connectivity index (χ2v) is 4.81. The van der Waals surface area contributed by atoms with Crippen LogP contribution in [0, 0.1) is 17.2 Å². The molecule has 0 bridgehead atoms. The van der Waals surface area contributed by atoms with Crippen LogP contribution in [0.4, 0.5) is 8.78 Å². The van der Waals surface area contributed by atoms with E-state index in [1.165, 1.54) is 0 Å². The quantitative estimate of drug-likeness (QED) is 0.748. The van der Waals surface area contributed by atoms with Gasteiger partial charge in [0.1, 0.15) is 0 Å². The van der Waals surface area contributed by atoms with Gasteiger partial charge >= 0.3 is 0 Å². The molecule has 0 spiro atoms. The number of nitrogens with zero attached hydrogens (tertiary/aromatic N) is 1. The van der Waals surface area contributed by atoms with Crippen molar-refractivity contribution in [2.75, 3.05) is 0 Å². The Morgan fingerprint density at radius 1 is 1.22 bits per heavy atom. The molecule has 1 aromatic carbocycles. The molecule has 0 aliphatic heterocycles. The number of allylic oxidation sites excluding steroid dienone is 1. The van der Waals surface area contributed by atoms with E-state index in [1.54, 1.807) is 12.1 Å². The fourth-order valence-electron chi connectivity index (χ4n) is 2.69. The molecule has 0 saturated heterocycles. The van der Waals surface area contributed by atoms with E-state index >= 15 is 0 Å².